The molecule has 144 valence electrons. The van der Waals surface area contributed by atoms with Gasteiger partial charge in [-0.2, -0.15) is 0 Å². The molecule has 0 aliphatic heterocycles. The van der Waals surface area contributed by atoms with E-state index in [0.717, 1.165) is 0 Å². The number of carbonyl (C=O) groups is 2. The Morgan fingerprint density at radius 2 is 1.71 bits per heavy atom. The third kappa shape index (κ3) is 4.44. The maximum atomic E-state index is 12.7. The fourth-order valence-electron chi connectivity index (χ4n) is 2.49. The van der Waals surface area contributed by atoms with Gasteiger partial charge in [0.15, 0.2) is 0 Å². The van der Waals surface area contributed by atoms with Crippen molar-refractivity contribution in [2.24, 2.45) is 0 Å². The zero-order valence-corrected chi connectivity index (χ0v) is 16.7. The molecule has 0 aliphatic rings. The number of thiophene rings is 1. The van der Waals surface area contributed by atoms with Gasteiger partial charge in [0.2, 0.25) is 0 Å². The number of hydrogen-bond acceptors (Lipinski definition) is 5. The van der Waals surface area contributed by atoms with Crippen molar-refractivity contribution in [3.05, 3.63) is 69.4 Å². The van der Waals surface area contributed by atoms with E-state index in [1.165, 1.54) is 25.6 Å². The summed E-state index contributed by atoms with van der Waals surface area (Å²) in [6.07, 6.45) is 0. The fourth-order valence-corrected chi connectivity index (χ4v) is 3.34. The summed E-state index contributed by atoms with van der Waals surface area (Å²) in [6, 6.07) is 13.3. The van der Waals surface area contributed by atoms with Crippen molar-refractivity contribution >= 4 is 46.1 Å². The van der Waals surface area contributed by atoms with Gasteiger partial charge < -0.3 is 20.1 Å². The molecular weight excluding hydrogens is 400 g/mol. The van der Waals surface area contributed by atoms with E-state index < -0.39 is 0 Å². The van der Waals surface area contributed by atoms with Crippen molar-refractivity contribution in [2.45, 2.75) is 0 Å². The number of benzene rings is 2. The summed E-state index contributed by atoms with van der Waals surface area (Å²) in [5, 5.41) is 7.75. The predicted molar refractivity (Wildman–Crippen MR) is 111 cm³/mol. The minimum absolute atomic E-state index is 0.225. The number of hydrogen-bond donors (Lipinski definition) is 2. The number of carbonyl (C=O) groups excluding carboxylic acids is 2. The van der Waals surface area contributed by atoms with E-state index in [2.05, 4.69) is 10.6 Å². The number of rotatable bonds is 6. The lowest BCUT2D eigenvalue weighted by molar-refractivity contribution is 0.101. The molecule has 0 radical (unpaired) electrons. The van der Waals surface area contributed by atoms with Gasteiger partial charge in [0.1, 0.15) is 11.5 Å². The molecule has 2 amide bonds. The molecule has 0 bridgehead atoms. The van der Waals surface area contributed by atoms with E-state index in [-0.39, 0.29) is 11.8 Å². The standard InChI is InChI=1S/C20H17ClN2O4S/c1-26-16-11-15(17(27-2)10-14(16)21)23-19(24)12-5-3-6-13(9-12)22-20(25)18-7-4-8-28-18/h3-11H,1-2H3,(H,22,25)(H,23,24). The molecule has 0 aliphatic carbocycles. The van der Waals surface area contributed by atoms with Gasteiger partial charge in [0, 0.05) is 23.4 Å². The summed E-state index contributed by atoms with van der Waals surface area (Å²) in [4.78, 5) is 25.5. The SMILES string of the molecule is COc1cc(NC(=O)c2cccc(NC(=O)c3cccs3)c2)c(OC)cc1Cl. The van der Waals surface area contributed by atoms with E-state index in [9.17, 15) is 9.59 Å². The normalized spacial score (nSPS) is 10.2. The monoisotopic (exact) mass is 416 g/mol. The highest BCUT2D eigenvalue weighted by Gasteiger charge is 2.15. The first-order valence-corrected chi connectivity index (χ1v) is 9.45. The highest BCUT2D eigenvalue weighted by Crippen LogP contribution is 2.36. The Balaban J connectivity index is 1.79. The Bertz CT molecular complexity index is 1010. The highest BCUT2D eigenvalue weighted by molar-refractivity contribution is 7.12. The van der Waals surface area contributed by atoms with Gasteiger partial charge in [-0.15, -0.1) is 11.3 Å². The van der Waals surface area contributed by atoms with Crippen LogP contribution in [0, 0.1) is 0 Å². The largest absolute Gasteiger partial charge is 0.495 e. The Morgan fingerprint density at radius 1 is 0.929 bits per heavy atom. The Kier molecular flexibility index (Phi) is 6.18. The maximum absolute atomic E-state index is 12.7. The third-order valence-corrected chi connectivity index (χ3v) is 5.01. The smallest absolute Gasteiger partial charge is 0.265 e. The molecule has 1 aromatic heterocycles. The van der Waals surface area contributed by atoms with E-state index in [1.807, 2.05) is 5.38 Å². The summed E-state index contributed by atoms with van der Waals surface area (Å²) in [6.45, 7) is 0. The summed E-state index contributed by atoms with van der Waals surface area (Å²) in [5.74, 6) is 0.225. The van der Waals surface area contributed by atoms with E-state index >= 15 is 0 Å². The first-order chi connectivity index (χ1) is 13.5. The first-order valence-electron chi connectivity index (χ1n) is 8.19. The molecule has 1 heterocycles. The van der Waals surface area contributed by atoms with Crippen molar-refractivity contribution in [2.75, 3.05) is 24.9 Å². The molecule has 0 unspecified atom stereocenters. The van der Waals surface area contributed by atoms with E-state index in [0.29, 0.717) is 38.3 Å². The van der Waals surface area contributed by atoms with Crippen molar-refractivity contribution in [1.29, 1.82) is 0 Å². The minimum atomic E-state index is -0.366. The molecule has 0 spiro atoms. The second-order valence-corrected chi connectivity index (χ2v) is 7.01. The van der Waals surface area contributed by atoms with Gasteiger partial charge in [-0.05, 0) is 29.6 Å². The van der Waals surface area contributed by atoms with Gasteiger partial charge in [0.05, 0.1) is 29.8 Å². The Labute approximate surface area is 171 Å². The number of methoxy groups -OCH3 is 2. The number of amides is 2. The van der Waals surface area contributed by atoms with Crippen LogP contribution in [0.5, 0.6) is 11.5 Å². The van der Waals surface area contributed by atoms with Gasteiger partial charge >= 0.3 is 0 Å². The molecule has 2 N–H and O–H groups in total. The van der Waals surface area contributed by atoms with Crippen LogP contribution in [0.1, 0.15) is 20.0 Å². The molecule has 0 fully saturated rings. The number of nitrogens with one attached hydrogen (secondary N) is 2. The molecule has 2 aromatic carbocycles. The van der Waals surface area contributed by atoms with Crippen molar-refractivity contribution in [3.8, 4) is 11.5 Å². The molecule has 8 heteroatoms. The topological polar surface area (TPSA) is 76.7 Å². The summed E-state index contributed by atoms with van der Waals surface area (Å²) in [7, 11) is 2.97. The summed E-state index contributed by atoms with van der Waals surface area (Å²) < 4.78 is 10.5. The van der Waals surface area contributed by atoms with Crippen LogP contribution in [0.25, 0.3) is 0 Å². The van der Waals surface area contributed by atoms with Crippen LogP contribution in [0.3, 0.4) is 0 Å². The quantitative estimate of drug-likeness (QED) is 0.597. The van der Waals surface area contributed by atoms with Crippen LogP contribution in [0.15, 0.2) is 53.9 Å². The molecule has 0 atom stereocenters. The Morgan fingerprint density at radius 3 is 2.39 bits per heavy atom. The zero-order valence-electron chi connectivity index (χ0n) is 15.1. The maximum Gasteiger partial charge on any atom is 0.265 e. The molecular formula is C20H17ClN2O4S. The van der Waals surface area contributed by atoms with Gasteiger partial charge in [-0.25, -0.2) is 0 Å². The van der Waals surface area contributed by atoms with Crippen LogP contribution in [0.2, 0.25) is 5.02 Å². The molecule has 3 aromatic rings. The second kappa shape index (κ2) is 8.77. The molecule has 6 nitrogen and oxygen atoms in total. The van der Waals surface area contributed by atoms with Crippen LogP contribution < -0.4 is 20.1 Å². The van der Waals surface area contributed by atoms with Gasteiger partial charge in [-0.3, -0.25) is 9.59 Å². The number of halogens is 1. The number of anilines is 2. The van der Waals surface area contributed by atoms with Crippen LogP contribution in [-0.2, 0) is 0 Å². The van der Waals surface area contributed by atoms with Gasteiger partial charge in [0.25, 0.3) is 11.8 Å². The number of ether oxygens (including phenoxy) is 2. The lowest BCUT2D eigenvalue weighted by Gasteiger charge is -2.13. The predicted octanol–water partition coefficient (Wildman–Crippen LogP) is 4.92. The second-order valence-electron chi connectivity index (χ2n) is 5.65. The molecule has 0 saturated carbocycles. The van der Waals surface area contributed by atoms with E-state index in [1.54, 1.807) is 48.5 Å². The van der Waals surface area contributed by atoms with Crippen molar-refractivity contribution < 1.29 is 19.1 Å². The van der Waals surface area contributed by atoms with Crippen LogP contribution in [0.4, 0.5) is 11.4 Å². The average Bonchev–Trinajstić information content (AvgIpc) is 3.24. The third-order valence-electron chi connectivity index (χ3n) is 3.85. The summed E-state index contributed by atoms with van der Waals surface area (Å²) in [5.41, 5.74) is 1.31. The lowest BCUT2D eigenvalue weighted by atomic mass is 10.1. The van der Waals surface area contributed by atoms with Gasteiger partial charge in [-0.1, -0.05) is 23.7 Å². The summed E-state index contributed by atoms with van der Waals surface area (Å²) >= 11 is 7.43. The van der Waals surface area contributed by atoms with E-state index in [4.69, 9.17) is 21.1 Å². The zero-order chi connectivity index (χ0) is 20.1. The minimum Gasteiger partial charge on any atom is -0.495 e. The lowest BCUT2D eigenvalue weighted by Crippen LogP contribution is -2.14. The van der Waals surface area contributed by atoms with Crippen molar-refractivity contribution in [3.63, 3.8) is 0 Å². The van der Waals surface area contributed by atoms with Crippen molar-refractivity contribution in [1.82, 2.24) is 0 Å². The average molecular weight is 417 g/mol. The van der Waals surface area contributed by atoms with Crippen LogP contribution in [-0.4, -0.2) is 26.0 Å². The Hall–Kier alpha value is -3.03. The molecule has 0 saturated heterocycles. The van der Waals surface area contributed by atoms with Crippen LogP contribution >= 0.6 is 22.9 Å². The first kappa shape index (κ1) is 19.7. The molecule has 28 heavy (non-hydrogen) atoms. The highest BCUT2D eigenvalue weighted by atomic mass is 35.5. The fraction of sp³-hybridized carbons (Fsp3) is 0.100. The molecule has 3 rings (SSSR count).